The first kappa shape index (κ1) is 15.8. The lowest BCUT2D eigenvalue weighted by Gasteiger charge is -2.07. The highest BCUT2D eigenvalue weighted by Crippen LogP contribution is 2.22. The Morgan fingerprint density at radius 1 is 1.39 bits per heavy atom. The maximum Gasteiger partial charge on any atom is 0.240 e. The largest absolute Gasteiger partial charge is 0.398 e. The summed E-state index contributed by atoms with van der Waals surface area (Å²) in [5.41, 5.74) is 6.14. The average Bonchev–Trinajstić information content (AvgIpc) is 2.32. The highest BCUT2D eigenvalue weighted by Gasteiger charge is 2.14. The molecular formula is C11H17BrN2O2S2. The highest BCUT2D eigenvalue weighted by molar-refractivity contribution is 9.10. The van der Waals surface area contributed by atoms with Crippen molar-refractivity contribution in [2.75, 3.05) is 24.3 Å². The quantitative estimate of drug-likeness (QED) is 0.583. The third kappa shape index (κ3) is 4.79. The first-order valence-corrected chi connectivity index (χ1v) is 9.18. The molecule has 1 rings (SSSR count). The van der Waals surface area contributed by atoms with Crippen molar-refractivity contribution in [1.82, 2.24) is 4.72 Å². The second-order valence-electron chi connectivity index (χ2n) is 3.78. The third-order valence-corrected chi connectivity index (χ3v) is 5.19. The first-order chi connectivity index (χ1) is 8.47. The Labute approximate surface area is 121 Å². The minimum Gasteiger partial charge on any atom is -0.398 e. The zero-order chi connectivity index (χ0) is 13.6. The lowest BCUT2D eigenvalue weighted by molar-refractivity contribution is 0.578. The van der Waals surface area contributed by atoms with E-state index in [0.29, 0.717) is 16.7 Å². The lowest BCUT2D eigenvalue weighted by atomic mass is 10.3. The van der Waals surface area contributed by atoms with Gasteiger partial charge in [-0.15, -0.1) is 0 Å². The van der Waals surface area contributed by atoms with Crippen LogP contribution in [0.25, 0.3) is 0 Å². The number of unbranched alkanes of at least 4 members (excludes halogenated alkanes) is 1. The fourth-order valence-corrected chi connectivity index (χ4v) is 3.46. The summed E-state index contributed by atoms with van der Waals surface area (Å²) in [6.07, 6.45) is 3.89. The molecule has 0 heterocycles. The number of nitrogens with one attached hydrogen (secondary N) is 1. The summed E-state index contributed by atoms with van der Waals surface area (Å²) >= 11 is 4.98. The molecule has 0 aliphatic carbocycles. The normalized spacial score (nSPS) is 11.7. The van der Waals surface area contributed by atoms with Crippen molar-refractivity contribution in [3.63, 3.8) is 0 Å². The van der Waals surface area contributed by atoms with E-state index < -0.39 is 10.0 Å². The number of hydrogen-bond acceptors (Lipinski definition) is 4. The van der Waals surface area contributed by atoms with E-state index in [4.69, 9.17) is 5.73 Å². The molecule has 0 aliphatic rings. The molecule has 0 bridgehead atoms. The van der Waals surface area contributed by atoms with Crippen molar-refractivity contribution >= 4 is 43.4 Å². The minimum atomic E-state index is -3.43. The monoisotopic (exact) mass is 352 g/mol. The Morgan fingerprint density at radius 3 is 2.72 bits per heavy atom. The number of hydrogen-bond donors (Lipinski definition) is 2. The van der Waals surface area contributed by atoms with Crippen LogP contribution in [0, 0.1) is 0 Å². The van der Waals surface area contributed by atoms with E-state index in [1.54, 1.807) is 17.8 Å². The molecule has 0 saturated heterocycles. The average molecular weight is 353 g/mol. The fourth-order valence-electron chi connectivity index (χ4n) is 1.34. The Kier molecular flexibility index (Phi) is 6.48. The van der Waals surface area contributed by atoms with Gasteiger partial charge in [0, 0.05) is 16.7 Å². The van der Waals surface area contributed by atoms with Gasteiger partial charge in [0.1, 0.15) is 0 Å². The zero-order valence-electron chi connectivity index (χ0n) is 10.1. The number of anilines is 1. The third-order valence-electron chi connectivity index (χ3n) is 2.35. The Balaban J connectivity index is 2.60. The van der Waals surface area contributed by atoms with Gasteiger partial charge >= 0.3 is 0 Å². The van der Waals surface area contributed by atoms with Crippen LogP contribution in [-0.2, 0) is 10.0 Å². The van der Waals surface area contributed by atoms with Gasteiger partial charge in [0.2, 0.25) is 10.0 Å². The number of halogens is 1. The van der Waals surface area contributed by atoms with Gasteiger partial charge in [0.15, 0.2) is 0 Å². The number of sulfonamides is 1. The Bertz CT molecular complexity index is 492. The van der Waals surface area contributed by atoms with Gasteiger partial charge in [0.25, 0.3) is 0 Å². The first-order valence-electron chi connectivity index (χ1n) is 5.51. The van der Waals surface area contributed by atoms with Crippen LogP contribution in [0.3, 0.4) is 0 Å². The zero-order valence-corrected chi connectivity index (χ0v) is 13.4. The summed E-state index contributed by atoms with van der Waals surface area (Å²) in [5, 5.41) is 0. The van der Waals surface area contributed by atoms with Crippen molar-refractivity contribution < 1.29 is 8.42 Å². The van der Waals surface area contributed by atoms with Gasteiger partial charge in [0.05, 0.1) is 4.90 Å². The molecule has 0 radical (unpaired) electrons. The molecule has 102 valence electrons. The van der Waals surface area contributed by atoms with Gasteiger partial charge in [-0.3, -0.25) is 0 Å². The Hall–Kier alpha value is -0.240. The van der Waals surface area contributed by atoms with Crippen LogP contribution in [0.4, 0.5) is 5.69 Å². The topological polar surface area (TPSA) is 72.2 Å². The van der Waals surface area contributed by atoms with E-state index >= 15 is 0 Å². The summed E-state index contributed by atoms with van der Waals surface area (Å²) in [5.74, 6) is 1.05. The van der Waals surface area contributed by atoms with E-state index in [0.717, 1.165) is 18.6 Å². The molecule has 0 aliphatic heterocycles. The van der Waals surface area contributed by atoms with E-state index in [1.165, 1.54) is 12.1 Å². The molecule has 0 amide bonds. The summed E-state index contributed by atoms with van der Waals surface area (Å²) < 4.78 is 27.1. The van der Waals surface area contributed by atoms with Crippen molar-refractivity contribution in [2.24, 2.45) is 0 Å². The molecule has 18 heavy (non-hydrogen) atoms. The van der Waals surface area contributed by atoms with Gasteiger partial charge in [-0.1, -0.05) is 0 Å². The SMILES string of the molecule is CSCCCCNS(=O)(=O)c1ccc(N)c(Br)c1. The van der Waals surface area contributed by atoms with Crippen LogP contribution in [0.1, 0.15) is 12.8 Å². The maximum absolute atomic E-state index is 12.0. The van der Waals surface area contributed by atoms with Gasteiger partial charge in [-0.25, -0.2) is 13.1 Å². The van der Waals surface area contributed by atoms with Crippen molar-refractivity contribution in [2.45, 2.75) is 17.7 Å². The maximum atomic E-state index is 12.0. The van der Waals surface area contributed by atoms with Crippen molar-refractivity contribution in [3.8, 4) is 0 Å². The summed E-state index contributed by atoms with van der Waals surface area (Å²) in [6, 6.07) is 4.59. The number of rotatable bonds is 7. The lowest BCUT2D eigenvalue weighted by Crippen LogP contribution is -2.24. The van der Waals surface area contributed by atoms with Crippen LogP contribution in [0.2, 0.25) is 0 Å². The van der Waals surface area contributed by atoms with Gasteiger partial charge < -0.3 is 5.73 Å². The highest BCUT2D eigenvalue weighted by atomic mass is 79.9. The van der Waals surface area contributed by atoms with Crippen LogP contribution in [0.5, 0.6) is 0 Å². The minimum absolute atomic E-state index is 0.230. The van der Waals surface area contributed by atoms with Crippen LogP contribution in [0.15, 0.2) is 27.6 Å². The second kappa shape index (κ2) is 7.37. The molecule has 0 spiro atoms. The van der Waals surface area contributed by atoms with Crippen LogP contribution in [-0.4, -0.2) is 27.0 Å². The van der Waals surface area contributed by atoms with E-state index in [2.05, 4.69) is 20.7 Å². The smallest absolute Gasteiger partial charge is 0.240 e. The molecule has 3 N–H and O–H groups in total. The van der Waals surface area contributed by atoms with Gasteiger partial charge in [-0.2, -0.15) is 11.8 Å². The number of benzene rings is 1. The second-order valence-corrected chi connectivity index (χ2v) is 7.39. The van der Waals surface area contributed by atoms with E-state index in [1.807, 2.05) is 6.26 Å². The summed E-state index contributed by atoms with van der Waals surface area (Å²) in [6.45, 7) is 0.463. The molecule has 1 aromatic rings. The van der Waals surface area contributed by atoms with Gasteiger partial charge in [-0.05, 0) is 59.0 Å². The number of nitrogen functional groups attached to an aromatic ring is 1. The predicted molar refractivity (Wildman–Crippen MR) is 81.4 cm³/mol. The molecule has 0 aromatic heterocycles. The number of thioether (sulfide) groups is 1. The van der Waals surface area contributed by atoms with Crippen molar-refractivity contribution in [1.29, 1.82) is 0 Å². The fraction of sp³-hybridized carbons (Fsp3) is 0.455. The molecule has 4 nitrogen and oxygen atoms in total. The standard InChI is InChI=1S/C11H17BrN2O2S2/c1-17-7-3-2-6-14-18(15,16)9-4-5-11(13)10(12)8-9/h4-5,8,14H,2-3,6-7,13H2,1H3. The molecule has 7 heteroatoms. The summed E-state index contributed by atoms with van der Waals surface area (Å²) in [7, 11) is -3.43. The molecular weight excluding hydrogens is 336 g/mol. The molecule has 1 aromatic carbocycles. The van der Waals surface area contributed by atoms with Crippen molar-refractivity contribution in [3.05, 3.63) is 22.7 Å². The summed E-state index contributed by atoms with van der Waals surface area (Å²) in [4.78, 5) is 0.230. The molecule has 0 saturated carbocycles. The van der Waals surface area contributed by atoms with E-state index in [-0.39, 0.29) is 4.90 Å². The van der Waals surface area contributed by atoms with E-state index in [9.17, 15) is 8.42 Å². The Morgan fingerprint density at radius 2 is 2.11 bits per heavy atom. The predicted octanol–water partition coefficient (Wildman–Crippen LogP) is 2.45. The molecule has 0 unspecified atom stereocenters. The van der Waals surface area contributed by atoms with Crippen LogP contribution < -0.4 is 10.5 Å². The molecule has 0 fully saturated rings. The number of nitrogens with two attached hydrogens (primary N) is 1. The van der Waals surface area contributed by atoms with Crippen LogP contribution >= 0.6 is 27.7 Å². The molecule has 0 atom stereocenters.